The van der Waals surface area contributed by atoms with E-state index in [1.807, 2.05) is 12.1 Å². The summed E-state index contributed by atoms with van der Waals surface area (Å²) in [5, 5.41) is 10.9. The standard InChI is InChI=1S/C16H20N2O2/c1-2-9-17-10-3-4-15-14-7-6-13(18(19)20)11-12(14)5-8-16(15)17/h2,6-7,11,15-16H,1,3-5,8-10H2/t15-,16-/m0/s1. The van der Waals surface area contributed by atoms with E-state index < -0.39 is 0 Å². The summed E-state index contributed by atoms with van der Waals surface area (Å²) in [6, 6.07) is 6.00. The van der Waals surface area contributed by atoms with E-state index in [1.54, 1.807) is 12.1 Å². The van der Waals surface area contributed by atoms with Crippen molar-refractivity contribution in [3.8, 4) is 0 Å². The lowest BCUT2D eigenvalue weighted by atomic mass is 9.74. The second-order valence-corrected chi connectivity index (χ2v) is 5.78. The molecule has 0 N–H and O–H groups in total. The number of rotatable bonds is 3. The van der Waals surface area contributed by atoms with Crippen molar-refractivity contribution in [2.45, 2.75) is 37.6 Å². The molecule has 1 aliphatic carbocycles. The molecule has 0 radical (unpaired) electrons. The number of aryl methyl sites for hydroxylation is 1. The predicted octanol–water partition coefficient (Wildman–Crippen LogP) is 3.28. The average molecular weight is 272 g/mol. The van der Waals surface area contributed by atoms with Gasteiger partial charge >= 0.3 is 0 Å². The minimum absolute atomic E-state index is 0.223. The normalized spacial score (nSPS) is 25.6. The van der Waals surface area contributed by atoms with Gasteiger partial charge in [-0.05, 0) is 49.3 Å². The van der Waals surface area contributed by atoms with Crippen LogP contribution < -0.4 is 0 Å². The summed E-state index contributed by atoms with van der Waals surface area (Å²) in [5.74, 6) is 0.535. The van der Waals surface area contributed by atoms with Crippen LogP contribution in [0.25, 0.3) is 0 Å². The van der Waals surface area contributed by atoms with Gasteiger partial charge in [0.2, 0.25) is 0 Å². The summed E-state index contributed by atoms with van der Waals surface area (Å²) in [5.41, 5.74) is 2.74. The highest BCUT2D eigenvalue weighted by Crippen LogP contribution is 2.41. The number of likely N-dealkylation sites (tertiary alicyclic amines) is 1. The number of nitro benzene ring substituents is 1. The number of non-ortho nitro benzene ring substituents is 1. The summed E-state index contributed by atoms with van der Waals surface area (Å²) in [4.78, 5) is 13.1. The van der Waals surface area contributed by atoms with E-state index in [0.29, 0.717) is 12.0 Å². The number of hydrogen-bond acceptors (Lipinski definition) is 3. The zero-order chi connectivity index (χ0) is 14.1. The number of benzene rings is 1. The number of nitrogens with zero attached hydrogens (tertiary/aromatic N) is 2. The van der Waals surface area contributed by atoms with Gasteiger partial charge in [-0.3, -0.25) is 15.0 Å². The van der Waals surface area contributed by atoms with E-state index in [4.69, 9.17) is 0 Å². The molecule has 2 atom stereocenters. The van der Waals surface area contributed by atoms with Crippen LogP contribution in [-0.2, 0) is 6.42 Å². The lowest BCUT2D eigenvalue weighted by Gasteiger charge is -2.44. The minimum atomic E-state index is -0.294. The largest absolute Gasteiger partial charge is 0.296 e. The SMILES string of the molecule is C=CCN1CCC[C@H]2c3ccc([N+](=O)[O-])cc3CC[C@@H]21. The summed E-state index contributed by atoms with van der Waals surface area (Å²) >= 11 is 0. The van der Waals surface area contributed by atoms with E-state index >= 15 is 0 Å². The first-order valence-electron chi connectivity index (χ1n) is 7.33. The Morgan fingerprint density at radius 3 is 3.05 bits per heavy atom. The van der Waals surface area contributed by atoms with Crippen LogP contribution in [0.2, 0.25) is 0 Å². The van der Waals surface area contributed by atoms with E-state index in [9.17, 15) is 10.1 Å². The maximum atomic E-state index is 10.9. The Kier molecular flexibility index (Phi) is 3.57. The van der Waals surface area contributed by atoms with E-state index in [2.05, 4.69) is 11.5 Å². The van der Waals surface area contributed by atoms with Gasteiger partial charge in [0.15, 0.2) is 0 Å². The van der Waals surface area contributed by atoms with Gasteiger partial charge in [-0.15, -0.1) is 6.58 Å². The molecule has 3 rings (SSSR count). The summed E-state index contributed by atoms with van der Waals surface area (Å²) in [7, 11) is 0. The van der Waals surface area contributed by atoms with Crippen molar-refractivity contribution >= 4 is 5.69 Å². The molecule has 1 aromatic carbocycles. The zero-order valence-corrected chi connectivity index (χ0v) is 11.6. The van der Waals surface area contributed by atoms with Crippen LogP contribution in [0, 0.1) is 10.1 Å². The third-order valence-corrected chi connectivity index (χ3v) is 4.70. The molecule has 20 heavy (non-hydrogen) atoms. The third kappa shape index (κ3) is 2.24. The molecule has 1 fully saturated rings. The molecule has 0 amide bonds. The quantitative estimate of drug-likeness (QED) is 0.482. The molecule has 1 heterocycles. The molecule has 4 heteroatoms. The van der Waals surface area contributed by atoms with Crippen molar-refractivity contribution in [2.24, 2.45) is 0 Å². The molecule has 1 saturated heterocycles. The second-order valence-electron chi connectivity index (χ2n) is 5.78. The van der Waals surface area contributed by atoms with Crippen LogP contribution in [0.4, 0.5) is 5.69 Å². The summed E-state index contributed by atoms with van der Waals surface area (Å²) in [6.07, 6.45) is 6.43. The molecule has 1 aromatic rings. The molecule has 0 saturated carbocycles. The molecular formula is C16H20N2O2. The highest BCUT2D eigenvalue weighted by molar-refractivity contribution is 5.44. The first kappa shape index (κ1) is 13.3. The Morgan fingerprint density at radius 2 is 2.30 bits per heavy atom. The summed E-state index contributed by atoms with van der Waals surface area (Å²) < 4.78 is 0. The summed E-state index contributed by atoms with van der Waals surface area (Å²) in [6.45, 7) is 5.95. The maximum Gasteiger partial charge on any atom is 0.269 e. The van der Waals surface area contributed by atoms with Gasteiger partial charge in [0.25, 0.3) is 5.69 Å². The minimum Gasteiger partial charge on any atom is -0.296 e. The first-order chi connectivity index (χ1) is 9.70. The Morgan fingerprint density at radius 1 is 1.45 bits per heavy atom. The lowest BCUT2D eigenvalue weighted by Crippen LogP contribution is -2.46. The highest BCUT2D eigenvalue weighted by Gasteiger charge is 2.36. The molecule has 2 aliphatic rings. The van der Waals surface area contributed by atoms with Crippen molar-refractivity contribution in [1.82, 2.24) is 4.90 Å². The monoisotopic (exact) mass is 272 g/mol. The van der Waals surface area contributed by atoms with Gasteiger partial charge in [0.1, 0.15) is 0 Å². The molecular weight excluding hydrogens is 252 g/mol. The third-order valence-electron chi connectivity index (χ3n) is 4.70. The Balaban J connectivity index is 1.91. The number of hydrogen-bond donors (Lipinski definition) is 0. The lowest BCUT2D eigenvalue weighted by molar-refractivity contribution is -0.384. The van der Waals surface area contributed by atoms with Gasteiger partial charge in [-0.25, -0.2) is 0 Å². The van der Waals surface area contributed by atoms with Crippen molar-refractivity contribution in [1.29, 1.82) is 0 Å². The van der Waals surface area contributed by atoms with Gasteiger partial charge in [-0.2, -0.15) is 0 Å². The van der Waals surface area contributed by atoms with Gasteiger partial charge in [0, 0.05) is 24.7 Å². The highest BCUT2D eigenvalue weighted by atomic mass is 16.6. The van der Waals surface area contributed by atoms with Crippen LogP contribution in [0.1, 0.15) is 36.3 Å². The van der Waals surface area contributed by atoms with E-state index in [0.717, 1.165) is 25.9 Å². The van der Waals surface area contributed by atoms with Crippen LogP contribution in [0.3, 0.4) is 0 Å². The van der Waals surface area contributed by atoms with Crippen LogP contribution in [0.5, 0.6) is 0 Å². The van der Waals surface area contributed by atoms with Crippen molar-refractivity contribution in [3.05, 3.63) is 52.1 Å². The van der Waals surface area contributed by atoms with E-state index in [1.165, 1.54) is 24.0 Å². The molecule has 0 spiro atoms. The van der Waals surface area contributed by atoms with Crippen LogP contribution in [0.15, 0.2) is 30.9 Å². The van der Waals surface area contributed by atoms with Crippen LogP contribution in [-0.4, -0.2) is 29.0 Å². The Hall–Kier alpha value is -1.68. The molecule has 0 bridgehead atoms. The smallest absolute Gasteiger partial charge is 0.269 e. The van der Waals surface area contributed by atoms with Crippen molar-refractivity contribution in [2.75, 3.05) is 13.1 Å². The Bertz CT molecular complexity index is 541. The number of nitro groups is 1. The second kappa shape index (κ2) is 5.37. The number of fused-ring (bicyclic) bond motifs is 3. The average Bonchev–Trinajstić information content (AvgIpc) is 2.47. The van der Waals surface area contributed by atoms with Crippen LogP contribution >= 0.6 is 0 Å². The topological polar surface area (TPSA) is 46.4 Å². The van der Waals surface area contributed by atoms with Crippen molar-refractivity contribution < 1.29 is 4.92 Å². The van der Waals surface area contributed by atoms with E-state index in [-0.39, 0.29) is 10.6 Å². The Labute approximate surface area is 119 Å². The fourth-order valence-electron chi connectivity index (χ4n) is 3.85. The number of piperidine rings is 1. The molecule has 1 aliphatic heterocycles. The molecule has 0 unspecified atom stereocenters. The first-order valence-corrected chi connectivity index (χ1v) is 7.33. The van der Waals surface area contributed by atoms with Crippen molar-refractivity contribution in [3.63, 3.8) is 0 Å². The fourth-order valence-corrected chi connectivity index (χ4v) is 3.85. The zero-order valence-electron chi connectivity index (χ0n) is 11.6. The maximum absolute atomic E-state index is 10.9. The molecule has 0 aromatic heterocycles. The van der Waals surface area contributed by atoms with Gasteiger partial charge < -0.3 is 0 Å². The molecule has 106 valence electrons. The fraction of sp³-hybridized carbons (Fsp3) is 0.500. The van der Waals surface area contributed by atoms with Gasteiger partial charge in [-0.1, -0.05) is 12.1 Å². The molecule has 4 nitrogen and oxygen atoms in total. The van der Waals surface area contributed by atoms with Gasteiger partial charge in [0.05, 0.1) is 4.92 Å². The predicted molar refractivity (Wildman–Crippen MR) is 79.0 cm³/mol.